The molecule has 1 saturated heterocycles. The summed E-state index contributed by atoms with van der Waals surface area (Å²) in [5, 5.41) is 4.00. The lowest BCUT2D eigenvalue weighted by molar-refractivity contribution is -0.0220. The van der Waals surface area contributed by atoms with Crippen molar-refractivity contribution < 1.29 is 22.9 Å². The highest BCUT2D eigenvalue weighted by Crippen LogP contribution is 2.38. The summed E-state index contributed by atoms with van der Waals surface area (Å²) < 4.78 is 45.1. The van der Waals surface area contributed by atoms with Crippen LogP contribution in [-0.4, -0.2) is 49.0 Å². The number of hydrogen-bond donors (Lipinski definition) is 1. The van der Waals surface area contributed by atoms with Crippen molar-refractivity contribution in [3.8, 4) is 0 Å². The molecular formula is C21H28F2N3O3P. The molecule has 0 radical (unpaired) electrons. The summed E-state index contributed by atoms with van der Waals surface area (Å²) in [5.41, 5.74) is 1.08. The average molecular weight is 439 g/mol. The maximum Gasteiger partial charge on any atom is 0.412 e. The van der Waals surface area contributed by atoms with Crippen molar-refractivity contribution >= 4 is 40.8 Å². The fraction of sp³-hybridized carbons (Fsp3) is 0.524. The van der Waals surface area contributed by atoms with Crippen molar-refractivity contribution in [3.63, 3.8) is 0 Å². The lowest BCUT2D eigenvalue weighted by Gasteiger charge is -2.34. The van der Waals surface area contributed by atoms with Gasteiger partial charge in [0.2, 0.25) is 0 Å². The number of anilines is 2. The van der Waals surface area contributed by atoms with E-state index < -0.39 is 24.8 Å². The molecular weight excluding hydrogens is 411 g/mol. The molecule has 2 heterocycles. The highest BCUT2D eigenvalue weighted by molar-refractivity contribution is 7.70. The van der Waals surface area contributed by atoms with Crippen LogP contribution in [0.25, 0.3) is 10.9 Å². The number of carbonyl (C=O) groups is 1. The number of ether oxygens (including phenoxy) is 1. The molecule has 0 bridgehead atoms. The molecule has 9 heteroatoms. The van der Waals surface area contributed by atoms with Crippen LogP contribution < -0.4 is 15.5 Å². The molecule has 1 aromatic carbocycles. The summed E-state index contributed by atoms with van der Waals surface area (Å²) in [4.78, 5) is 18.6. The number of hydrogen-bond acceptors (Lipinski definition) is 5. The van der Waals surface area contributed by atoms with Crippen LogP contribution in [0.15, 0.2) is 24.4 Å². The van der Waals surface area contributed by atoms with Gasteiger partial charge < -0.3 is 14.2 Å². The maximum absolute atomic E-state index is 13.7. The largest absolute Gasteiger partial charge is 0.444 e. The van der Waals surface area contributed by atoms with E-state index in [2.05, 4.69) is 10.3 Å². The van der Waals surface area contributed by atoms with E-state index in [0.29, 0.717) is 27.6 Å². The predicted molar refractivity (Wildman–Crippen MR) is 117 cm³/mol. The molecule has 164 valence electrons. The van der Waals surface area contributed by atoms with E-state index in [-0.39, 0.29) is 25.9 Å². The van der Waals surface area contributed by atoms with E-state index in [1.54, 1.807) is 58.5 Å². The number of halogens is 2. The van der Waals surface area contributed by atoms with E-state index in [1.165, 1.54) is 0 Å². The summed E-state index contributed by atoms with van der Waals surface area (Å²) in [6.45, 7) is 8.98. The first kappa shape index (κ1) is 22.5. The van der Waals surface area contributed by atoms with Gasteiger partial charge in [-0.1, -0.05) is 0 Å². The molecule has 6 nitrogen and oxygen atoms in total. The van der Waals surface area contributed by atoms with Crippen LogP contribution in [-0.2, 0) is 9.30 Å². The Morgan fingerprint density at radius 2 is 1.83 bits per heavy atom. The van der Waals surface area contributed by atoms with Crippen LogP contribution in [0.5, 0.6) is 0 Å². The number of rotatable bonds is 3. The topological polar surface area (TPSA) is 71.5 Å². The van der Waals surface area contributed by atoms with Crippen LogP contribution in [0.3, 0.4) is 0 Å². The Balaban J connectivity index is 2.04. The van der Waals surface area contributed by atoms with E-state index in [9.17, 15) is 18.1 Å². The zero-order chi connectivity index (χ0) is 22.3. The van der Waals surface area contributed by atoms with Crippen molar-refractivity contribution in [1.29, 1.82) is 0 Å². The number of alkyl halides is 2. The molecule has 1 aromatic heterocycles. The van der Waals surface area contributed by atoms with Gasteiger partial charge in [0.05, 0.1) is 11.2 Å². The van der Waals surface area contributed by atoms with Gasteiger partial charge in [-0.15, -0.1) is 0 Å². The highest BCUT2D eigenvalue weighted by atomic mass is 31.2. The Morgan fingerprint density at radius 3 is 2.40 bits per heavy atom. The predicted octanol–water partition coefficient (Wildman–Crippen LogP) is 5.07. The molecule has 1 aliphatic rings. The van der Waals surface area contributed by atoms with Gasteiger partial charge in [0.25, 0.3) is 5.92 Å². The van der Waals surface area contributed by atoms with Crippen LogP contribution in [0.2, 0.25) is 0 Å². The van der Waals surface area contributed by atoms with Crippen LogP contribution in [0.4, 0.5) is 25.0 Å². The molecule has 0 saturated carbocycles. The lowest BCUT2D eigenvalue weighted by atomic mass is 10.0. The molecule has 2 aromatic rings. The Morgan fingerprint density at radius 1 is 1.20 bits per heavy atom. The minimum atomic E-state index is -2.67. The van der Waals surface area contributed by atoms with E-state index in [1.807, 2.05) is 4.90 Å². The van der Waals surface area contributed by atoms with Gasteiger partial charge in [-0.05, 0) is 52.3 Å². The first-order valence-corrected chi connectivity index (χ1v) is 12.5. The van der Waals surface area contributed by atoms with E-state index in [4.69, 9.17) is 4.74 Å². The average Bonchev–Trinajstić information content (AvgIpc) is 2.58. The van der Waals surface area contributed by atoms with Crippen molar-refractivity contribution in [2.24, 2.45) is 0 Å². The first-order valence-electron chi connectivity index (χ1n) is 9.86. The van der Waals surface area contributed by atoms with Crippen LogP contribution in [0, 0.1) is 0 Å². The Bertz CT molecular complexity index is 1000. The van der Waals surface area contributed by atoms with Gasteiger partial charge in [0.15, 0.2) is 0 Å². The molecule has 1 aliphatic heterocycles. The molecule has 3 rings (SSSR count). The second-order valence-corrected chi connectivity index (χ2v) is 12.3. The van der Waals surface area contributed by atoms with E-state index in [0.717, 1.165) is 0 Å². The second-order valence-electron chi connectivity index (χ2n) is 9.08. The third-order valence-electron chi connectivity index (χ3n) is 4.85. The number of nitrogens with zero attached hydrogens (tertiary/aromatic N) is 2. The van der Waals surface area contributed by atoms with Gasteiger partial charge in [0, 0.05) is 48.5 Å². The number of fused-ring (bicyclic) bond motifs is 1. The lowest BCUT2D eigenvalue weighted by Crippen LogP contribution is -2.39. The minimum absolute atomic E-state index is 0.182. The maximum atomic E-state index is 13.7. The number of pyridine rings is 1. The van der Waals surface area contributed by atoms with E-state index >= 15 is 0 Å². The molecule has 1 amide bonds. The SMILES string of the molecule is CC(C)(C)OC(=O)Nc1cc(N2CCC(F)(F)CC2)c2ncc(P(C)(C)=O)cc2c1. The van der Waals surface area contributed by atoms with Gasteiger partial charge in [-0.25, -0.2) is 13.6 Å². The van der Waals surface area contributed by atoms with Crippen LogP contribution >= 0.6 is 7.14 Å². The zero-order valence-corrected chi connectivity index (χ0v) is 18.9. The summed E-state index contributed by atoms with van der Waals surface area (Å²) in [7, 11) is -2.54. The molecule has 0 aliphatic carbocycles. The summed E-state index contributed by atoms with van der Waals surface area (Å²) >= 11 is 0. The smallest absolute Gasteiger partial charge is 0.412 e. The number of benzene rings is 1. The van der Waals surface area contributed by atoms with Gasteiger partial charge in [-0.3, -0.25) is 10.3 Å². The Labute approximate surface area is 175 Å². The standard InChI is InChI=1S/C21H28F2N3O3P/c1-20(2,3)29-19(27)25-15-10-14-11-16(30(4,5)28)13-24-18(14)17(12-15)26-8-6-21(22,23)7-9-26/h10-13H,6-9H2,1-5H3,(H,25,27). The van der Waals surface area contributed by atoms with Crippen molar-refractivity contribution in [3.05, 3.63) is 24.4 Å². The molecule has 0 unspecified atom stereocenters. The van der Waals surface area contributed by atoms with Crippen molar-refractivity contribution in [1.82, 2.24) is 4.98 Å². The van der Waals surface area contributed by atoms with Crippen molar-refractivity contribution in [2.75, 3.05) is 36.6 Å². The Hall–Kier alpha value is -2.21. The fourth-order valence-corrected chi connectivity index (χ4v) is 4.11. The number of piperidine rings is 1. The zero-order valence-electron chi connectivity index (χ0n) is 18.0. The summed E-state index contributed by atoms with van der Waals surface area (Å²) in [6, 6.07) is 5.23. The molecule has 0 atom stereocenters. The first-order chi connectivity index (χ1) is 13.7. The Kier molecular flexibility index (Phi) is 5.84. The quantitative estimate of drug-likeness (QED) is 0.677. The van der Waals surface area contributed by atoms with Crippen molar-refractivity contribution in [2.45, 2.75) is 45.1 Å². The number of carbonyl (C=O) groups excluding carboxylic acids is 1. The fourth-order valence-electron chi connectivity index (χ4n) is 3.32. The summed E-state index contributed by atoms with van der Waals surface area (Å²) in [5.74, 6) is -2.67. The van der Waals surface area contributed by atoms with Gasteiger partial charge >= 0.3 is 6.09 Å². The second kappa shape index (κ2) is 7.80. The third kappa shape index (κ3) is 5.48. The highest BCUT2D eigenvalue weighted by Gasteiger charge is 2.34. The molecule has 30 heavy (non-hydrogen) atoms. The van der Waals surface area contributed by atoms with Gasteiger partial charge in [0.1, 0.15) is 12.7 Å². The summed E-state index contributed by atoms with van der Waals surface area (Å²) in [6.07, 6.45) is 0.482. The van der Waals surface area contributed by atoms with Crippen LogP contribution in [0.1, 0.15) is 33.6 Å². The molecule has 0 spiro atoms. The third-order valence-corrected chi connectivity index (χ3v) is 6.34. The molecule has 1 N–H and O–H groups in total. The number of aromatic nitrogens is 1. The monoisotopic (exact) mass is 439 g/mol. The number of nitrogens with one attached hydrogen (secondary N) is 1. The normalized spacial score (nSPS) is 17.1. The minimum Gasteiger partial charge on any atom is -0.444 e. The van der Waals surface area contributed by atoms with Gasteiger partial charge in [-0.2, -0.15) is 0 Å². The molecule has 1 fully saturated rings. The number of amides is 1.